The monoisotopic (exact) mass is 370 g/mol. The molecule has 2 aromatic rings. The van der Waals surface area contributed by atoms with Gasteiger partial charge >= 0.3 is 0 Å². The number of nitrogens with zero attached hydrogens (tertiary/aromatic N) is 3. The molecule has 1 amide bonds. The minimum atomic E-state index is -3.69. The smallest absolute Gasteiger partial charge is 0.255 e. The molecule has 0 atom stereocenters. The van der Waals surface area contributed by atoms with Gasteiger partial charge in [-0.1, -0.05) is 23.7 Å². The van der Waals surface area contributed by atoms with Crippen LogP contribution in [0.5, 0.6) is 5.75 Å². The number of hydrazone groups is 1. The van der Waals surface area contributed by atoms with Gasteiger partial charge in [0.25, 0.3) is 5.91 Å². The molecule has 2 rings (SSSR count). The first kappa shape index (κ1) is 18.0. The molecule has 1 aromatic carbocycles. The molecule has 0 unspecified atom stereocenters. The molecular formula is C14H15ClN4O4S. The highest BCUT2D eigenvalue weighted by Crippen LogP contribution is 2.10. The fraction of sp³-hybridized carbons (Fsp3) is 0.214. The first-order valence-corrected chi connectivity index (χ1v) is 8.92. The molecular weight excluding hydrogens is 356 g/mol. The molecule has 1 aromatic heterocycles. The second kappa shape index (κ2) is 7.93. The summed E-state index contributed by atoms with van der Waals surface area (Å²) in [5.74, 6) is -1.25. The van der Waals surface area contributed by atoms with Gasteiger partial charge in [0, 0.05) is 6.20 Å². The molecule has 0 fully saturated rings. The third-order valence-electron chi connectivity index (χ3n) is 2.78. The largest absolute Gasteiger partial charge is 0.497 e. The SMILES string of the molecule is COc1cccc(/C=N\NC(=O)CS(=O)(=O)Cn2cc(Cl)cn2)c1. The van der Waals surface area contributed by atoms with Gasteiger partial charge in [-0.05, 0) is 17.7 Å². The fourth-order valence-electron chi connectivity index (χ4n) is 1.79. The molecule has 0 aliphatic carbocycles. The van der Waals surface area contributed by atoms with Crippen LogP contribution in [0.15, 0.2) is 41.8 Å². The maximum atomic E-state index is 11.9. The van der Waals surface area contributed by atoms with E-state index >= 15 is 0 Å². The lowest BCUT2D eigenvalue weighted by Crippen LogP contribution is -2.28. The lowest BCUT2D eigenvalue weighted by Gasteiger charge is -2.03. The van der Waals surface area contributed by atoms with Crippen LogP contribution < -0.4 is 10.2 Å². The Balaban J connectivity index is 1.89. The summed E-state index contributed by atoms with van der Waals surface area (Å²) < 4.78 is 30.0. The van der Waals surface area contributed by atoms with Crippen LogP contribution >= 0.6 is 11.6 Å². The maximum absolute atomic E-state index is 11.9. The van der Waals surface area contributed by atoms with Crippen LogP contribution in [-0.2, 0) is 20.5 Å². The zero-order valence-corrected chi connectivity index (χ0v) is 14.3. The molecule has 0 saturated carbocycles. The number of hydrogen-bond acceptors (Lipinski definition) is 6. The van der Waals surface area contributed by atoms with E-state index < -0.39 is 27.4 Å². The van der Waals surface area contributed by atoms with E-state index in [1.165, 1.54) is 25.7 Å². The molecule has 0 spiro atoms. The molecule has 0 saturated heterocycles. The molecule has 8 nitrogen and oxygen atoms in total. The van der Waals surface area contributed by atoms with E-state index in [1.54, 1.807) is 24.3 Å². The van der Waals surface area contributed by atoms with E-state index in [0.29, 0.717) is 16.3 Å². The van der Waals surface area contributed by atoms with E-state index in [4.69, 9.17) is 16.3 Å². The number of benzene rings is 1. The predicted octanol–water partition coefficient (Wildman–Crippen LogP) is 1.07. The molecule has 0 bridgehead atoms. The molecule has 128 valence electrons. The van der Waals surface area contributed by atoms with E-state index in [9.17, 15) is 13.2 Å². The molecule has 0 radical (unpaired) electrons. The van der Waals surface area contributed by atoms with Crippen molar-refractivity contribution in [3.8, 4) is 5.75 Å². The summed E-state index contributed by atoms with van der Waals surface area (Å²) in [5.41, 5.74) is 2.87. The van der Waals surface area contributed by atoms with Gasteiger partial charge in [0.2, 0.25) is 0 Å². The van der Waals surface area contributed by atoms with E-state index in [2.05, 4.69) is 15.6 Å². The van der Waals surface area contributed by atoms with Gasteiger partial charge in [-0.3, -0.25) is 9.48 Å². The van der Waals surface area contributed by atoms with Crippen LogP contribution in [0.25, 0.3) is 0 Å². The van der Waals surface area contributed by atoms with Crippen molar-refractivity contribution in [2.45, 2.75) is 5.88 Å². The summed E-state index contributed by atoms with van der Waals surface area (Å²) in [6, 6.07) is 7.01. The van der Waals surface area contributed by atoms with Crippen molar-refractivity contribution in [1.29, 1.82) is 0 Å². The van der Waals surface area contributed by atoms with Crippen molar-refractivity contribution in [3.05, 3.63) is 47.2 Å². The summed E-state index contributed by atoms with van der Waals surface area (Å²) in [6.07, 6.45) is 4.06. The van der Waals surface area contributed by atoms with Crippen molar-refractivity contribution >= 4 is 33.6 Å². The second-order valence-electron chi connectivity index (χ2n) is 4.78. The number of hydrogen-bond donors (Lipinski definition) is 1. The number of methoxy groups -OCH3 is 1. The van der Waals surface area contributed by atoms with Crippen LogP contribution in [-0.4, -0.2) is 43.2 Å². The number of rotatable bonds is 7. The van der Waals surface area contributed by atoms with Crippen molar-refractivity contribution in [1.82, 2.24) is 15.2 Å². The van der Waals surface area contributed by atoms with Crippen molar-refractivity contribution < 1.29 is 17.9 Å². The zero-order chi connectivity index (χ0) is 17.6. The van der Waals surface area contributed by atoms with Gasteiger partial charge in [-0.25, -0.2) is 13.8 Å². The quantitative estimate of drug-likeness (QED) is 0.580. The summed E-state index contributed by atoms with van der Waals surface area (Å²) in [4.78, 5) is 11.7. The van der Waals surface area contributed by atoms with Crippen LogP contribution in [0.1, 0.15) is 5.56 Å². The van der Waals surface area contributed by atoms with Crippen molar-refractivity contribution in [2.24, 2.45) is 5.10 Å². The standard InChI is InChI=1S/C14H15ClN4O4S/c1-23-13-4-2-3-11(5-13)6-16-18-14(20)9-24(21,22)10-19-8-12(15)7-17-19/h2-8H,9-10H2,1H3,(H,18,20)/b16-6-. The Morgan fingerprint density at radius 1 is 1.50 bits per heavy atom. The number of aromatic nitrogens is 2. The lowest BCUT2D eigenvalue weighted by molar-refractivity contribution is -0.118. The number of amides is 1. The molecule has 0 aliphatic heterocycles. The molecule has 24 heavy (non-hydrogen) atoms. The number of ether oxygens (including phenoxy) is 1. The van der Waals surface area contributed by atoms with Crippen molar-refractivity contribution in [2.75, 3.05) is 12.9 Å². The Kier molecular flexibility index (Phi) is 5.93. The number of nitrogens with one attached hydrogen (secondary N) is 1. The number of carbonyl (C=O) groups excluding carboxylic acids is 1. The van der Waals surface area contributed by atoms with E-state index in [0.717, 1.165) is 4.68 Å². The van der Waals surface area contributed by atoms with Crippen LogP contribution in [0.4, 0.5) is 0 Å². The van der Waals surface area contributed by atoms with Gasteiger partial charge in [0.05, 0.1) is 24.5 Å². The Hall–Kier alpha value is -2.39. The van der Waals surface area contributed by atoms with Crippen LogP contribution in [0.2, 0.25) is 5.02 Å². The Labute approximate surface area is 144 Å². The summed E-state index contributed by atoms with van der Waals surface area (Å²) in [5, 5.41) is 7.80. The van der Waals surface area contributed by atoms with Gasteiger partial charge in [0.1, 0.15) is 17.4 Å². The topological polar surface area (TPSA) is 103 Å². The van der Waals surface area contributed by atoms with Crippen molar-refractivity contribution in [3.63, 3.8) is 0 Å². The maximum Gasteiger partial charge on any atom is 0.255 e. The van der Waals surface area contributed by atoms with Crippen LogP contribution in [0, 0.1) is 0 Å². The normalized spacial score (nSPS) is 11.6. The Morgan fingerprint density at radius 3 is 2.96 bits per heavy atom. The zero-order valence-electron chi connectivity index (χ0n) is 12.7. The molecule has 10 heteroatoms. The number of halogens is 1. The molecule has 1 heterocycles. The lowest BCUT2D eigenvalue weighted by atomic mass is 10.2. The highest BCUT2D eigenvalue weighted by molar-refractivity contribution is 7.91. The fourth-order valence-corrected chi connectivity index (χ4v) is 3.04. The minimum absolute atomic E-state index is 0.317. The van der Waals surface area contributed by atoms with Gasteiger partial charge in [-0.15, -0.1) is 0 Å². The molecule has 1 N–H and O–H groups in total. The Bertz CT molecular complexity index is 848. The number of sulfone groups is 1. The highest BCUT2D eigenvalue weighted by atomic mass is 35.5. The third kappa shape index (κ3) is 5.67. The average molecular weight is 371 g/mol. The first-order valence-electron chi connectivity index (χ1n) is 6.72. The summed E-state index contributed by atoms with van der Waals surface area (Å²) in [7, 11) is -2.15. The summed E-state index contributed by atoms with van der Waals surface area (Å²) >= 11 is 5.66. The highest BCUT2D eigenvalue weighted by Gasteiger charge is 2.17. The minimum Gasteiger partial charge on any atom is -0.497 e. The number of carbonyl (C=O) groups is 1. The molecule has 0 aliphatic rings. The van der Waals surface area contributed by atoms with Crippen LogP contribution in [0.3, 0.4) is 0 Å². The predicted molar refractivity (Wildman–Crippen MR) is 89.8 cm³/mol. The van der Waals surface area contributed by atoms with Gasteiger partial charge in [0.15, 0.2) is 9.84 Å². The van der Waals surface area contributed by atoms with Gasteiger partial charge < -0.3 is 4.74 Å². The van der Waals surface area contributed by atoms with E-state index in [-0.39, 0.29) is 0 Å². The Morgan fingerprint density at radius 2 is 2.29 bits per heavy atom. The second-order valence-corrected chi connectivity index (χ2v) is 7.26. The third-order valence-corrected chi connectivity index (χ3v) is 4.33. The van der Waals surface area contributed by atoms with E-state index in [1.807, 2.05) is 0 Å². The average Bonchev–Trinajstić information content (AvgIpc) is 2.91. The first-order chi connectivity index (χ1) is 11.4. The summed E-state index contributed by atoms with van der Waals surface area (Å²) in [6.45, 7) is 0. The van der Waals surface area contributed by atoms with Gasteiger partial charge in [-0.2, -0.15) is 10.2 Å².